The maximum absolute atomic E-state index is 7.16. The molecule has 6 nitrogen and oxygen atoms in total. The van der Waals surface area contributed by atoms with Crippen molar-refractivity contribution in [3.8, 4) is 28.7 Å². The number of ether oxygens (including phenoxy) is 2. The SMILES string of the molecule is c1ccc(N(c2ccccc2)c2cc3c4c(c2)N(c2ccccc2)c2cc5c(cc2B4c2ccccc2O3)B2c3ccccc3Oc3cc(-n4c6ccccc6c6ccccc64)cc(c32)N5c2ccccc2)cc1. The molecular weight excluding hydrogens is 902 g/mol. The van der Waals surface area contributed by atoms with E-state index in [0.29, 0.717) is 0 Å². The van der Waals surface area contributed by atoms with Crippen LogP contribution < -0.4 is 57.0 Å². The summed E-state index contributed by atoms with van der Waals surface area (Å²) in [4.78, 5) is 7.31. The number of hydrogen-bond acceptors (Lipinski definition) is 5. The van der Waals surface area contributed by atoms with Crippen molar-refractivity contribution in [2.45, 2.75) is 0 Å². The van der Waals surface area contributed by atoms with Gasteiger partial charge in [0.25, 0.3) is 13.4 Å². The maximum atomic E-state index is 7.16. The van der Waals surface area contributed by atoms with Gasteiger partial charge in [-0.3, -0.25) is 0 Å². The normalized spacial score (nSPS) is 13.2. The Morgan fingerprint density at radius 1 is 0.297 bits per heavy atom. The van der Waals surface area contributed by atoms with Gasteiger partial charge in [0.1, 0.15) is 23.0 Å². The van der Waals surface area contributed by atoms with Crippen LogP contribution in [0.4, 0.5) is 51.2 Å². The van der Waals surface area contributed by atoms with E-state index in [4.69, 9.17) is 9.47 Å². The van der Waals surface area contributed by atoms with E-state index in [9.17, 15) is 0 Å². The highest BCUT2D eigenvalue weighted by atomic mass is 16.5. The molecule has 0 spiro atoms. The van der Waals surface area contributed by atoms with Gasteiger partial charge in [0.15, 0.2) is 0 Å². The third kappa shape index (κ3) is 5.96. The van der Waals surface area contributed by atoms with Crippen LogP contribution >= 0.6 is 0 Å². The highest BCUT2D eigenvalue weighted by molar-refractivity contribution is 7.02. The molecule has 74 heavy (non-hydrogen) atoms. The summed E-state index contributed by atoms with van der Waals surface area (Å²) in [5.74, 6) is 3.44. The number of nitrogens with zero attached hydrogens (tertiary/aromatic N) is 4. The summed E-state index contributed by atoms with van der Waals surface area (Å²) in [6.45, 7) is -0.272. The molecule has 5 heterocycles. The molecule has 0 unspecified atom stereocenters. The van der Waals surface area contributed by atoms with Gasteiger partial charge < -0.3 is 28.7 Å². The summed E-state index contributed by atoms with van der Waals surface area (Å²) in [6, 6.07) is 92.0. The summed E-state index contributed by atoms with van der Waals surface area (Å²) < 4.78 is 16.7. The molecule has 0 N–H and O–H groups in total. The minimum Gasteiger partial charge on any atom is -0.458 e. The summed E-state index contributed by atoms with van der Waals surface area (Å²) in [7, 11) is 0. The second kappa shape index (κ2) is 15.9. The average Bonchev–Trinajstić information content (AvgIpc) is 3.80. The quantitative estimate of drug-likeness (QED) is 0.155. The van der Waals surface area contributed by atoms with Crippen LogP contribution in [0.25, 0.3) is 27.5 Å². The fourth-order valence-corrected chi connectivity index (χ4v) is 12.6. The Bertz CT molecular complexity index is 4150. The van der Waals surface area contributed by atoms with Crippen molar-refractivity contribution in [3.63, 3.8) is 0 Å². The number of para-hydroxylation sites is 8. The summed E-state index contributed by atoms with van der Waals surface area (Å²) in [5, 5.41) is 2.43. The Balaban J connectivity index is 1.00. The Morgan fingerprint density at radius 2 is 0.730 bits per heavy atom. The first-order valence-corrected chi connectivity index (χ1v) is 25.4. The zero-order valence-electron chi connectivity index (χ0n) is 40.0. The molecule has 344 valence electrons. The molecule has 0 aliphatic carbocycles. The monoisotopic (exact) mass is 944 g/mol. The van der Waals surface area contributed by atoms with Crippen LogP contribution in [0.1, 0.15) is 0 Å². The second-order valence-electron chi connectivity index (χ2n) is 19.6. The van der Waals surface area contributed by atoms with E-state index in [2.05, 4.69) is 274 Å². The van der Waals surface area contributed by atoms with Gasteiger partial charge in [-0.2, -0.15) is 0 Å². The van der Waals surface area contributed by atoms with E-state index < -0.39 is 0 Å². The predicted molar refractivity (Wildman–Crippen MR) is 307 cm³/mol. The highest BCUT2D eigenvalue weighted by Gasteiger charge is 2.47. The van der Waals surface area contributed by atoms with Crippen LogP contribution in [0, 0.1) is 0 Å². The van der Waals surface area contributed by atoms with Crippen molar-refractivity contribution in [1.82, 2.24) is 4.57 Å². The van der Waals surface area contributed by atoms with Gasteiger partial charge in [-0.05, 0) is 124 Å². The zero-order chi connectivity index (χ0) is 48.4. The Morgan fingerprint density at radius 3 is 1.26 bits per heavy atom. The zero-order valence-corrected chi connectivity index (χ0v) is 40.0. The van der Waals surface area contributed by atoms with Crippen molar-refractivity contribution in [2.24, 2.45) is 0 Å². The highest BCUT2D eigenvalue weighted by Crippen LogP contribution is 2.49. The lowest BCUT2D eigenvalue weighted by atomic mass is 9.31. The molecule has 0 amide bonds. The number of hydrogen-bond donors (Lipinski definition) is 0. The molecule has 4 aliphatic rings. The number of rotatable bonds is 6. The molecule has 0 atom stereocenters. The van der Waals surface area contributed by atoms with E-state index in [-0.39, 0.29) is 13.4 Å². The number of aromatic nitrogens is 1. The van der Waals surface area contributed by atoms with Gasteiger partial charge in [-0.1, -0.05) is 152 Å². The third-order valence-corrected chi connectivity index (χ3v) is 15.6. The Kier molecular flexibility index (Phi) is 8.83. The Labute approximate surface area is 429 Å². The van der Waals surface area contributed by atoms with Crippen LogP contribution in [-0.2, 0) is 0 Å². The first-order valence-electron chi connectivity index (χ1n) is 25.4. The largest absolute Gasteiger partial charge is 0.458 e. The standard InChI is InChI=1S/C66H42B2N4O2/c1-5-21-43(22-6-1)69(44-23-7-2-8-24-44)47-37-59-65-63(39-47)73-61-35-19-15-31-51(61)67(65)53-41-54-58(42-57(53)70(59)45-25-9-3-10-26-45)71(46-27-11-4-12-28-46)60-38-48(40-64-66(60)68(54)52-32-16-20-36-62(52)74-64)72-55-33-17-13-29-49(55)50-30-14-18-34-56(50)72/h1-42H. The van der Waals surface area contributed by atoms with E-state index in [1.54, 1.807) is 0 Å². The number of fused-ring (bicyclic) bond motifs is 11. The van der Waals surface area contributed by atoms with Gasteiger partial charge in [-0.25, -0.2) is 0 Å². The second-order valence-corrected chi connectivity index (χ2v) is 19.6. The van der Waals surface area contributed by atoms with Crippen LogP contribution in [0.5, 0.6) is 23.0 Å². The molecule has 0 saturated heterocycles. The fourth-order valence-electron chi connectivity index (χ4n) is 12.6. The minimum absolute atomic E-state index is 0.133. The molecule has 4 aliphatic heterocycles. The molecule has 11 aromatic carbocycles. The fraction of sp³-hybridized carbons (Fsp3) is 0. The van der Waals surface area contributed by atoms with E-state index >= 15 is 0 Å². The van der Waals surface area contributed by atoms with Gasteiger partial charge in [0.2, 0.25) is 0 Å². The van der Waals surface area contributed by atoms with E-state index in [1.807, 2.05) is 0 Å². The molecule has 12 aromatic rings. The summed E-state index contributed by atoms with van der Waals surface area (Å²) in [6.07, 6.45) is 0. The lowest BCUT2D eigenvalue weighted by molar-refractivity contribution is 0.487. The smallest absolute Gasteiger partial charge is 0.256 e. The van der Waals surface area contributed by atoms with Crippen LogP contribution in [0.3, 0.4) is 0 Å². The minimum atomic E-state index is -0.139. The van der Waals surface area contributed by atoms with Crippen molar-refractivity contribution < 1.29 is 9.47 Å². The summed E-state index contributed by atoms with van der Waals surface area (Å²) >= 11 is 0. The topological polar surface area (TPSA) is 33.1 Å². The lowest BCUT2D eigenvalue weighted by Gasteiger charge is -2.44. The summed E-state index contributed by atoms with van der Waals surface area (Å²) in [5.41, 5.74) is 20.0. The molecule has 0 bridgehead atoms. The first-order chi connectivity index (χ1) is 36.7. The van der Waals surface area contributed by atoms with Gasteiger partial charge in [-0.15, -0.1) is 0 Å². The number of anilines is 9. The van der Waals surface area contributed by atoms with Crippen molar-refractivity contribution >= 4 is 119 Å². The van der Waals surface area contributed by atoms with E-state index in [0.717, 1.165) is 113 Å². The molecule has 1 aromatic heterocycles. The molecule has 0 fully saturated rings. The van der Waals surface area contributed by atoms with Crippen LogP contribution in [0.15, 0.2) is 255 Å². The molecule has 0 radical (unpaired) electrons. The van der Waals surface area contributed by atoms with Crippen molar-refractivity contribution in [3.05, 3.63) is 255 Å². The lowest BCUT2D eigenvalue weighted by Crippen LogP contribution is -2.63. The Hall–Kier alpha value is -9.65. The molecule has 16 rings (SSSR count). The van der Waals surface area contributed by atoms with Crippen molar-refractivity contribution in [1.29, 1.82) is 0 Å². The average molecular weight is 945 g/mol. The van der Waals surface area contributed by atoms with Crippen molar-refractivity contribution in [2.75, 3.05) is 14.7 Å². The molecule has 8 heteroatoms. The van der Waals surface area contributed by atoms with Gasteiger partial charge in [0.05, 0.1) is 22.4 Å². The first kappa shape index (κ1) is 41.0. The molecule has 0 saturated carbocycles. The third-order valence-electron chi connectivity index (χ3n) is 15.6. The number of benzene rings is 11. The predicted octanol–water partition coefficient (Wildman–Crippen LogP) is 13.1. The van der Waals surface area contributed by atoms with E-state index in [1.165, 1.54) is 21.7 Å². The van der Waals surface area contributed by atoms with Gasteiger partial charge in [0, 0.05) is 68.4 Å². The van der Waals surface area contributed by atoms with Crippen LogP contribution in [0.2, 0.25) is 0 Å². The molecular formula is C66H42B2N4O2. The van der Waals surface area contributed by atoms with Gasteiger partial charge >= 0.3 is 0 Å². The van der Waals surface area contributed by atoms with Crippen LogP contribution in [-0.4, -0.2) is 18.0 Å². The maximum Gasteiger partial charge on any atom is 0.256 e.